The van der Waals surface area contributed by atoms with Crippen LogP contribution in [-0.4, -0.2) is 5.60 Å². The van der Waals surface area contributed by atoms with E-state index in [2.05, 4.69) is 6.08 Å². The third-order valence-corrected chi connectivity index (χ3v) is 2.06. The fourth-order valence-electron chi connectivity index (χ4n) is 1.38. The SMILES string of the molecule is CC(C)([O])C1=CCCCC1. The lowest BCUT2D eigenvalue weighted by atomic mass is 9.88. The van der Waals surface area contributed by atoms with Gasteiger partial charge in [0.25, 0.3) is 0 Å². The summed E-state index contributed by atoms with van der Waals surface area (Å²) in [6.45, 7) is 3.51. The summed E-state index contributed by atoms with van der Waals surface area (Å²) in [5.41, 5.74) is 0.291. The minimum atomic E-state index is -0.819. The second-order valence-electron chi connectivity index (χ2n) is 3.49. The van der Waals surface area contributed by atoms with Crippen LogP contribution in [0.5, 0.6) is 0 Å². The van der Waals surface area contributed by atoms with Gasteiger partial charge in [-0.05, 0) is 45.1 Å². The summed E-state index contributed by atoms with van der Waals surface area (Å²) in [4.78, 5) is 0. The van der Waals surface area contributed by atoms with Crippen LogP contribution in [0.15, 0.2) is 11.6 Å². The molecule has 0 bridgehead atoms. The van der Waals surface area contributed by atoms with Crippen molar-refractivity contribution >= 4 is 0 Å². The standard InChI is InChI=1S/C9H15O/c1-9(2,10)8-6-4-3-5-7-8/h6H,3-5,7H2,1-2H3. The quantitative estimate of drug-likeness (QED) is 0.498. The van der Waals surface area contributed by atoms with Gasteiger partial charge in [-0.2, -0.15) is 0 Å². The van der Waals surface area contributed by atoms with Gasteiger partial charge in [-0.15, -0.1) is 0 Å². The number of hydrogen-bond donors (Lipinski definition) is 0. The van der Waals surface area contributed by atoms with Crippen molar-refractivity contribution in [3.05, 3.63) is 11.6 Å². The highest BCUT2D eigenvalue weighted by Gasteiger charge is 2.21. The van der Waals surface area contributed by atoms with Gasteiger partial charge in [0, 0.05) is 0 Å². The van der Waals surface area contributed by atoms with Crippen LogP contribution in [0, 0.1) is 0 Å². The van der Waals surface area contributed by atoms with E-state index in [9.17, 15) is 5.11 Å². The Balaban J connectivity index is 2.62. The molecule has 0 aliphatic heterocycles. The molecule has 0 amide bonds. The van der Waals surface area contributed by atoms with Crippen LogP contribution in [0.3, 0.4) is 0 Å². The molecule has 0 heterocycles. The molecule has 10 heavy (non-hydrogen) atoms. The van der Waals surface area contributed by atoms with Crippen LogP contribution >= 0.6 is 0 Å². The van der Waals surface area contributed by atoms with Crippen molar-refractivity contribution in [2.75, 3.05) is 0 Å². The summed E-state index contributed by atoms with van der Waals surface area (Å²) in [7, 11) is 0. The Morgan fingerprint density at radius 2 is 2.10 bits per heavy atom. The lowest BCUT2D eigenvalue weighted by Gasteiger charge is -2.22. The highest BCUT2D eigenvalue weighted by molar-refractivity contribution is 5.15. The van der Waals surface area contributed by atoms with Crippen molar-refractivity contribution < 1.29 is 5.11 Å². The summed E-state index contributed by atoms with van der Waals surface area (Å²) in [6, 6.07) is 0. The van der Waals surface area contributed by atoms with Crippen molar-refractivity contribution in [3.63, 3.8) is 0 Å². The molecule has 1 nitrogen and oxygen atoms in total. The molecular weight excluding hydrogens is 124 g/mol. The Hall–Kier alpha value is -0.300. The van der Waals surface area contributed by atoms with Gasteiger partial charge >= 0.3 is 0 Å². The van der Waals surface area contributed by atoms with E-state index in [0.29, 0.717) is 0 Å². The Morgan fingerprint density at radius 3 is 2.40 bits per heavy atom. The lowest BCUT2D eigenvalue weighted by molar-refractivity contribution is 0.0336. The van der Waals surface area contributed by atoms with E-state index in [1.54, 1.807) is 13.8 Å². The van der Waals surface area contributed by atoms with E-state index in [1.165, 1.54) is 12.8 Å². The van der Waals surface area contributed by atoms with Gasteiger partial charge in [0.2, 0.25) is 0 Å². The molecular formula is C9H15O. The zero-order valence-electron chi connectivity index (χ0n) is 6.81. The van der Waals surface area contributed by atoms with Crippen LogP contribution in [-0.2, 0) is 5.11 Å². The molecule has 57 valence electrons. The van der Waals surface area contributed by atoms with E-state index in [0.717, 1.165) is 18.4 Å². The Bertz CT molecular complexity index is 139. The molecule has 0 unspecified atom stereocenters. The first-order chi connectivity index (χ1) is 4.61. The maximum Gasteiger partial charge on any atom is 0.119 e. The molecule has 0 aromatic heterocycles. The molecule has 1 aliphatic rings. The van der Waals surface area contributed by atoms with E-state index in [1.807, 2.05) is 0 Å². The van der Waals surface area contributed by atoms with E-state index < -0.39 is 5.60 Å². The van der Waals surface area contributed by atoms with Crippen molar-refractivity contribution in [2.24, 2.45) is 0 Å². The predicted molar refractivity (Wildman–Crippen MR) is 41.3 cm³/mol. The van der Waals surface area contributed by atoms with Crippen LogP contribution in [0.25, 0.3) is 0 Å². The van der Waals surface area contributed by atoms with Gasteiger partial charge < -0.3 is 0 Å². The number of allylic oxidation sites excluding steroid dienone is 1. The Morgan fingerprint density at radius 1 is 1.40 bits per heavy atom. The van der Waals surface area contributed by atoms with Gasteiger partial charge in [0.05, 0.1) is 0 Å². The zero-order valence-corrected chi connectivity index (χ0v) is 6.81. The van der Waals surface area contributed by atoms with Crippen molar-refractivity contribution in [1.29, 1.82) is 0 Å². The second-order valence-corrected chi connectivity index (χ2v) is 3.49. The largest absolute Gasteiger partial charge is 0.225 e. The molecule has 1 heteroatoms. The molecule has 0 fully saturated rings. The smallest absolute Gasteiger partial charge is 0.119 e. The molecule has 0 spiro atoms. The minimum absolute atomic E-state index is 0.819. The van der Waals surface area contributed by atoms with Crippen LogP contribution < -0.4 is 0 Å². The first kappa shape index (κ1) is 7.80. The normalized spacial score (nSPS) is 20.5. The van der Waals surface area contributed by atoms with Crippen molar-refractivity contribution in [1.82, 2.24) is 0 Å². The van der Waals surface area contributed by atoms with Crippen LogP contribution in [0.2, 0.25) is 0 Å². The third-order valence-electron chi connectivity index (χ3n) is 2.06. The summed E-state index contributed by atoms with van der Waals surface area (Å²) >= 11 is 0. The van der Waals surface area contributed by atoms with Gasteiger partial charge in [0.1, 0.15) is 5.60 Å². The van der Waals surface area contributed by atoms with E-state index >= 15 is 0 Å². The second kappa shape index (κ2) is 2.75. The third kappa shape index (κ3) is 1.84. The maximum atomic E-state index is 11.4. The number of rotatable bonds is 1. The maximum absolute atomic E-state index is 11.4. The average molecular weight is 139 g/mol. The van der Waals surface area contributed by atoms with Gasteiger partial charge in [-0.3, -0.25) is 0 Å². The van der Waals surface area contributed by atoms with Crippen LogP contribution in [0.4, 0.5) is 0 Å². The zero-order chi connectivity index (χ0) is 7.61. The van der Waals surface area contributed by atoms with Crippen LogP contribution in [0.1, 0.15) is 39.5 Å². The van der Waals surface area contributed by atoms with Crippen molar-refractivity contribution in [2.45, 2.75) is 45.1 Å². The fraction of sp³-hybridized carbons (Fsp3) is 0.778. The van der Waals surface area contributed by atoms with E-state index in [-0.39, 0.29) is 0 Å². The highest BCUT2D eigenvalue weighted by atomic mass is 16.3. The number of hydrogen-bond acceptors (Lipinski definition) is 0. The van der Waals surface area contributed by atoms with E-state index in [4.69, 9.17) is 0 Å². The van der Waals surface area contributed by atoms with Crippen molar-refractivity contribution in [3.8, 4) is 0 Å². The van der Waals surface area contributed by atoms with Gasteiger partial charge in [-0.1, -0.05) is 6.08 Å². The van der Waals surface area contributed by atoms with Gasteiger partial charge in [-0.25, -0.2) is 5.11 Å². The highest BCUT2D eigenvalue weighted by Crippen LogP contribution is 2.26. The fourth-order valence-corrected chi connectivity index (χ4v) is 1.38. The Labute approximate surface area is 62.8 Å². The molecule has 0 aromatic rings. The molecule has 0 aromatic carbocycles. The monoisotopic (exact) mass is 139 g/mol. The first-order valence-electron chi connectivity index (χ1n) is 4.00. The topological polar surface area (TPSA) is 19.9 Å². The molecule has 1 rings (SSSR count). The molecule has 0 saturated carbocycles. The predicted octanol–water partition coefficient (Wildman–Crippen LogP) is 2.70. The molecule has 1 aliphatic carbocycles. The summed E-state index contributed by atoms with van der Waals surface area (Å²) in [5.74, 6) is 0. The summed E-state index contributed by atoms with van der Waals surface area (Å²) in [6.07, 6.45) is 6.73. The summed E-state index contributed by atoms with van der Waals surface area (Å²) < 4.78 is 0. The summed E-state index contributed by atoms with van der Waals surface area (Å²) in [5, 5.41) is 11.4. The Kier molecular flexibility index (Phi) is 2.14. The molecule has 0 saturated heterocycles. The molecule has 1 radical (unpaired) electrons. The molecule has 0 N–H and O–H groups in total. The minimum Gasteiger partial charge on any atom is -0.225 e. The molecule has 0 atom stereocenters. The average Bonchev–Trinajstić information content (AvgIpc) is 1.88. The first-order valence-corrected chi connectivity index (χ1v) is 4.00. The van der Waals surface area contributed by atoms with Gasteiger partial charge in [0.15, 0.2) is 0 Å². The lowest BCUT2D eigenvalue weighted by Crippen LogP contribution is -2.21.